The largest absolute Gasteiger partial charge is 0.396 e. The summed E-state index contributed by atoms with van der Waals surface area (Å²) in [6, 6.07) is 3.80. The van der Waals surface area contributed by atoms with Crippen LogP contribution >= 0.6 is 0 Å². The molecule has 1 saturated heterocycles. The molecule has 2 N–H and O–H groups in total. The van der Waals surface area contributed by atoms with Crippen LogP contribution in [0.4, 0.5) is 0 Å². The number of aromatic amines is 1. The molecule has 4 rings (SSSR count). The van der Waals surface area contributed by atoms with E-state index in [4.69, 9.17) is 4.74 Å². The van der Waals surface area contributed by atoms with Gasteiger partial charge in [-0.1, -0.05) is 0 Å². The number of aromatic nitrogens is 3. The van der Waals surface area contributed by atoms with Gasteiger partial charge in [0.15, 0.2) is 5.65 Å². The Hall–Kier alpha value is -1.70. The predicted molar refractivity (Wildman–Crippen MR) is 84.3 cm³/mol. The number of morpholine rings is 1. The number of nitrogens with zero attached hydrogens (tertiary/aromatic N) is 3. The van der Waals surface area contributed by atoms with Gasteiger partial charge in [0.25, 0.3) is 5.56 Å². The third-order valence-electron chi connectivity index (χ3n) is 5.00. The monoisotopic (exact) mass is 318 g/mol. The first-order valence-corrected chi connectivity index (χ1v) is 8.19. The van der Waals surface area contributed by atoms with Gasteiger partial charge >= 0.3 is 0 Å². The van der Waals surface area contributed by atoms with Crippen LogP contribution in [0.15, 0.2) is 16.9 Å². The highest BCUT2D eigenvalue weighted by molar-refractivity contribution is 5.39. The van der Waals surface area contributed by atoms with Crippen molar-refractivity contribution in [2.45, 2.75) is 38.5 Å². The van der Waals surface area contributed by atoms with E-state index in [-0.39, 0.29) is 18.3 Å². The van der Waals surface area contributed by atoms with Crippen LogP contribution in [0.3, 0.4) is 0 Å². The van der Waals surface area contributed by atoms with Gasteiger partial charge < -0.3 is 9.84 Å². The van der Waals surface area contributed by atoms with E-state index in [1.807, 2.05) is 13.0 Å². The van der Waals surface area contributed by atoms with Crippen molar-refractivity contribution < 1.29 is 9.84 Å². The predicted octanol–water partition coefficient (Wildman–Crippen LogP) is 0.303. The summed E-state index contributed by atoms with van der Waals surface area (Å²) in [6.07, 6.45) is 2.07. The van der Waals surface area contributed by atoms with Gasteiger partial charge in [0.2, 0.25) is 0 Å². The number of nitrogens with one attached hydrogen (secondary N) is 1. The molecule has 7 nitrogen and oxygen atoms in total. The summed E-state index contributed by atoms with van der Waals surface area (Å²) >= 11 is 0. The summed E-state index contributed by atoms with van der Waals surface area (Å²) in [5.41, 5.74) is 2.29. The van der Waals surface area contributed by atoms with Gasteiger partial charge in [0.05, 0.1) is 18.4 Å². The molecule has 1 aliphatic heterocycles. The zero-order valence-electron chi connectivity index (χ0n) is 13.2. The molecule has 0 aromatic carbocycles. The molecule has 1 aliphatic carbocycles. The Morgan fingerprint density at radius 2 is 2.30 bits per heavy atom. The first-order chi connectivity index (χ1) is 11.1. The number of fused-ring (bicyclic) bond motifs is 2. The Kier molecular flexibility index (Phi) is 3.71. The Bertz CT molecular complexity index is 768. The van der Waals surface area contributed by atoms with Crippen LogP contribution in [0.25, 0.3) is 5.65 Å². The lowest BCUT2D eigenvalue weighted by molar-refractivity contribution is -0.0594. The van der Waals surface area contributed by atoms with Crippen molar-refractivity contribution in [3.05, 3.63) is 33.9 Å². The smallest absolute Gasteiger partial charge is 0.272 e. The summed E-state index contributed by atoms with van der Waals surface area (Å²) < 4.78 is 7.33. The first kappa shape index (κ1) is 14.9. The highest BCUT2D eigenvalue weighted by Gasteiger charge is 2.40. The highest BCUT2D eigenvalue weighted by Crippen LogP contribution is 2.34. The van der Waals surface area contributed by atoms with Gasteiger partial charge in [-0.15, -0.1) is 0 Å². The molecule has 1 saturated carbocycles. The Morgan fingerprint density at radius 1 is 1.43 bits per heavy atom. The summed E-state index contributed by atoms with van der Waals surface area (Å²) in [4.78, 5) is 19.1. The second-order valence-electron chi connectivity index (χ2n) is 6.69. The molecule has 0 radical (unpaired) electrons. The number of aliphatic hydroxyl groups is 1. The maximum absolute atomic E-state index is 12.2. The van der Waals surface area contributed by atoms with E-state index in [1.54, 1.807) is 6.07 Å². The molecule has 3 atom stereocenters. The molecule has 124 valence electrons. The normalized spacial score (nSPS) is 28.3. The van der Waals surface area contributed by atoms with E-state index in [2.05, 4.69) is 15.0 Å². The van der Waals surface area contributed by atoms with Crippen LogP contribution in [-0.2, 0) is 11.3 Å². The maximum Gasteiger partial charge on any atom is 0.272 e. The van der Waals surface area contributed by atoms with Crippen molar-refractivity contribution in [3.63, 3.8) is 0 Å². The number of hydrogen-bond acceptors (Lipinski definition) is 5. The standard InChI is InChI=1S/C16H22N4O3/c1-10-4-15-17-12(7-16(22)20(15)18-10)8-19-2-3-23-14-6-11(9-21)5-13(14)19/h4,7,11,13-14,18,21H,2-3,5-6,8-9H2,1H3/t11-,13+,14?/m1/s1. The molecule has 0 spiro atoms. The third kappa shape index (κ3) is 2.69. The molecule has 2 aliphatic rings. The number of ether oxygens (including phenoxy) is 1. The quantitative estimate of drug-likeness (QED) is 0.851. The number of rotatable bonds is 3. The minimum Gasteiger partial charge on any atom is -0.396 e. The number of aryl methyl sites for hydroxylation is 1. The Balaban J connectivity index is 1.58. The summed E-state index contributed by atoms with van der Waals surface area (Å²) in [5, 5.41) is 12.4. The molecule has 0 bridgehead atoms. The van der Waals surface area contributed by atoms with Crippen LogP contribution < -0.4 is 5.56 Å². The van der Waals surface area contributed by atoms with Gasteiger partial charge in [-0.05, 0) is 25.7 Å². The molecule has 3 heterocycles. The third-order valence-corrected chi connectivity index (χ3v) is 5.00. The average Bonchev–Trinajstić information content (AvgIpc) is 3.10. The van der Waals surface area contributed by atoms with Gasteiger partial charge in [-0.3, -0.25) is 14.8 Å². The van der Waals surface area contributed by atoms with E-state index in [0.29, 0.717) is 30.8 Å². The van der Waals surface area contributed by atoms with Gasteiger partial charge in [0.1, 0.15) is 0 Å². The molecule has 2 aromatic rings. The second-order valence-corrected chi connectivity index (χ2v) is 6.69. The minimum absolute atomic E-state index is 0.0810. The van der Waals surface area contributed by atoms with Crippen molar-refractivity contribution in [3.8, 4) is 0 Å². The summed E-state index contributed by atoms with van der Waals surface area (Å²) in [7, 11) is 0. The number of H-pyrrole nitrogens is 1. The molecule has 0 amide bonds. The molecule has 2 fully saturated rings. The second kappa shape index (κ2) is 5.74. The van der Waals surface area contributed by atoms with Crippen molar-refractivity contribution >= 4 is 5.65 Å². The lowest BCUT2D eigenvalue weighted by atomic mass is 10.1. The molecule has 23 heavy (non-hydrogen) atoms. The minimum atomic E-state index is -0.0810. The van der Waals surface area contributed by atoms with Gasteiger partial charge in [0, 0.05) is 43.6 Å². The van der Waals surface area contributed by atoms with Crippen LogP contribution in [0.1, 0.15) is 24.2 Å². The highest BCUT2D eigenvalue weighted by atomic mass is 16.5. The molecular formula is C16H22N4O3. The molecule has 7 heteroatoms. The van der Waals surface area contributed by atoms with E-state index in [1.165, 1.54) is 4.52 Å². The van der Waals surface area contributed by atoms with E-state index >= 15 is 0 Å². The molecule has 1 unspecified atom stereocenters. The summed E-state index contributed by atoms with van der Waals surface area (Å²) in [5.74, 6) is 0.319. The maximum atomic E-state index is 12.2. The van der Waals surface area contributed by atoms with Crippen LogP contribution in [0.5, 0.6) is 0 Å². The van der Waals surface area contributed by atoms with Crippen molar-refractivity contribution in [2.75, 3.05) is 19.8 Å². The zero-order valence-corrected chi connectivity index (χ0v) is 13.2. The fourth-order valence-electron chi connectivity index (χ4n) is 3.92. The molecular weight excluding hydrogens is 296 g/mol. The summed E-state index contributed by atoms with van der Waals surface area (Å²) in [6.45, 7) is 4.32. The van der Waals surface area contributed by atoms with Crippen LogP contribution in [0.2, 0.25) is 0 Å². The zero-order chi connectivity index (χ0) is 16.0. The number of hydrogen-bond donors (Lipinski definition) is 2. The Morgan fingerprint density at radius 3 is 3.13 bits per heavy atom. The fourth-order valence-corrected chi connectivity index (χ4v) is 3.92. The fraction of sp³-hybridized carbons (Fsp3) is 0.625. The van der Waals surface area contributed by atoms with Crippen LogP contribution in [0, 0.1) is 12.8 Å². The van der Waals surface area contributed by atoms with E-state index in [0.717, 1.165) is 30.8 Å². The van der Waals surface area contributed by atoms with Crippen molar-refractivity contribution in [2.24, 2.45) is 5.92 Å². The SMILES string of the molecule is Cc1cc2nc(CN3CCOC4C[C@H](CO)C[C@@H]43)cc(=O)n2[nH]1. The topological polar surface area (TPSA) is 82.9 Å². The van der Waals surface area contributed by atoms with E-state index in [9.17, 15) is 9.90 Å². The van der Waals surface area contributed by atoms with Crippen molar-refractivity contribution in [1.82, 2.24) is 19.5 Å². The Labute approximate surface area is 133 Å². The first-order valence-electron chi connectivity index (χ1n) is 8.19. The lowest BCUT2D eigenvalue weighted by Crippen LogP contribution is -2.48. The van der Waals surface area contributed by atoms with Crippen molar-refractivity contribution in [1.29, 1.82) is 0 Å². The van der Waals surface area contributed by atoms with Crippen LogP contribution in [-0.4, -0.2) is 56.5 Å². The lowest BCUT2D eigenvalue weighted by Gasteiger charge is -2.37. The average molecular weight is 318 g/mol. The number of aliphatic hydroxyl groups excluding tert-OH is 1. The van der Waals surface area contributed by atoms with Gasteiger partial charge in [-0.25, -0.2) is 9.50 Å². The molecule has 2 aromatic heterocycles. The van der Waals surface area contributed by atoms with E-state index < -0.39 is 0 Å². The van der Waals surface area contributed by atoms with Gasteiger partial charge in [-0.2, -0.15) is 0 Å².